The quantitative estimate of drug-likeness (QED) is 0.578. The van der Waals surface area contributed by atoms with Crippen molar-refractivity contribution in [2.75, 3.05) is 10.7 Å². The van der Waals surface area contributed by atoms with Gasteiger partial charge in [0.1, 0.15) is 17.5 Å². The SMILES string of the molecule is CCc1nc(NN)cc(NCc2cccc(Cl)c2)n1. The Bertz CT molecular complexity index is 536. The maximum Gasteiger partial charge on any atom is 0.145 e. The largest absolute Gasteiger partial charge is 0.366 e. The standard InChI is InChI=1S/C13H16ClN5/c1-2-11-17-12(7-13(18-11)19-15)16-8-9-4-3-5-10(14)6-9/h3-7H,2,8,15H2,1H3,(H2,16,17,18,19). The van der Waals surface area contributed by atoms with E-state index >= 15 is 0 Å². The minimum Gasteiger partial charge on any atom is -0.366 e. The predicted molar refractivity (Wildman–Crippen MR) is 78.0 cm³/mol. The number of hydrazine groups is 1. The van der Waals surface area contributed by atoms with E-state index in [9.17, 15) is 0 Å². The monoisotopic (exact) mass is 277 g/mol. The number of nitrogen functional groups attached to an aromatic ring is 1. The predicted octanol–water partition coefficient (Wildman–Crippen LogP) is 2.59. The number of hydrogen-bond donors (Lipinski definition) is 3. The fourth-order valence-corrected chi connectivity index (χ4v) is 1.87. The number of aryl methyl sites for hydroxylation is 1. The molecule has 1 aromatic heterocycles. The molecule has 5 nitrogen and oxygen atoms in total. The zero-order chi connectivity index (χ0) is 13.7. The summed E-state index contributed by atoms with van der Waals surface area (Å²) in [5, 5.41) is 3.96. The number of anilines is 2. The van der Waals surface area contributed by atoms with Crippen LogP contribution in [0.4, 0.5) is 11.6 Å². The molecule has 0 spiro atoms. The first-order chi connectivity index (χ1) is 9.21. The average molecular weight is 278 g/mol. The molecule has 1 aromatic carbocycles. The molecule has 0 atom stereocenters. The molecule has 0 bridgehead atoms. The van der Waals surface area contributed by atoms with E-state index in [0.717, 1.165) is 28.6 Å². The lowest BCUT2D eigenvalue weighted by molar-refractivity contribution is 0.931. The Labute approximate surface area is 117 Å². The molecular formula is C13H16ClN5. The van der Waals surface area contributed by atoms with E-state index in [1.54, 1.807) is 6.07 Å². The third kappa shape index (κ3) is 3.81. The average Bonchev–Trinajstić information content (AvgIpc) is 2.44. The van der Waals surface area contributed by atoms with Gasteiger partial charge >= 0.3 is 0 Å². The van der Waals surface area contributed by atoms with Gasteiger partial charge in [0.25, 0.3) is 0 Å². The molecule has 4 N–H and O–H groups in total. The van der Waals surface area contributed by atoms with E-state index in [1.807, 2.05) is 31.2 Å². The summed E-state index contributed by atoms with van der Waals surface area (Å²) < 4.78 is 0. The number of nitrogens with two attached hydrogens (primary N) is 1. The molecule has 0 aliphatic heterocycles. The van der Waals surface area contributed by atoms with E-state index in [1.165, 1.54) is 0 Å². The summed E-state index contributed by atoms with van der Waals surface area (Å²) in [4.78, 5) is 8.62. The number of hydrogen-bond acceptors (Lipinski definition) is 5. The summed E-state index contributed by atoms with van der Waals surface area (Å²) in [6.45, 7) is 2.64. The van der Waals surface area contributed by atoms with Crippen LogP contribution in [0.15, 0.2) is 30.3 Å². The van der Waals surface area contributed by atoms with E-state index in [-0.39, 0.29) is 0 Å². The van der Waals surface area contributed by atoms with Crippen molar-refractivity contribution in [2.24, 2.45) is 5.84 Å². The lowest BCUT2D eigenvalue weighted by atomic mass is 10.2. The highest BCUT2D eigenvalue weighted by atomic mass is 35.5. The van der Waals surface area contributed by atoms with E-state index in [4.69, 9.17) is 17.4 Å². The lowest BCUT2D eigenvalue weighted by Crippen LogP contribution is -2.12. The van der Waals surface area contributed by atoms with Crippen LogP contribution in [0.5, 0.6) is 0 Å². The Kier molecular flexibility index (Phi) is 4.54. The first-order valence-electron chi connectivity index (χ1n) is 6.04. The third-order valence-corrected chi connectivity index (χ3v) is 2.83. The second-order valence-corrected chi connectivity index (χ2v) is 4.47. The second kappa shape index (κ2) is 6.36. The summed E-state index contributed by atoms with van der Waals surface area (Å²) in [5.41, 5.74) is 3.63. The van der Waals surface area contributed by atoms with E-state index < -0.39 is 0 Å². The maximum absolute atomic E-state index is 5.94. The first kappa shape index (κ1) is 13.6. The van der Waals surface area contributed by atoms with E-state index in [2.05, 4.69) is 20.7 Å². The molecule has 6 heteroatoms. The number of benzene rings is 1. The van der Waals surface area contributed by atoms with Crippen molar-refractivity contribution in [3.8, 4) is 0 Å². The Morgan fingerprint density at radius 3 is 2.68 bits per heavy atom. The highest BCUT2D eigenvalue weighted by Crippen LogP contribution is 2.14. The van der Waals surface area contributed by atoms with Gasteiger partial charge in [0, 0.05) is 24.1 Å². The molecule has 0 aliphatic carbocycles. The van der Waals surface area contributed by atoms with E-state index in [0.29, 0.717) is 12.4 Å². The molecule has 19 heavy (non-hydrogen) atoms. The van der Waals surface area contributed by atoms with Crippen molar-refractivity contribution < 1.29 is 0 Å². The van der Waals surface area contributed by atoms with Gasteiger partial charge < -0.3 is 10.7 Å². The zero-order valence-electron chi connectivity index (χ0n) is 10.7. The van der Waals surface area contributed by atoms with Gasteiger partial charge in [0.05, 0.1) is 0 Å². The van der Waals surface area contributed by atoms with Crippen molar-refractivity contribution >= 4 is 23.2 Å². The number of nitrogens with one attached hydrogen (secondary N) is 2. The molecule has 0 radical (unpaired) electrons. The Morgan fingerprint density at radius 1 is 1.21 bits per heavy atom. The molecule has 2 aromatic rings. The summed E-state index contributed by atoms with van der Waals surface area (Å²) in [7, 11) is 0. The summed E-state index contributed by atoms with van der Waals surface area (Å²) in [6, 6.07) is 9.45. The number of rotatable bonds is 5. The molecule has 0 unspecified atom stereocenters. The topological polar surface area (TPSA) is 75.9 Å². The van der Waals surface area contributed by atoms with Gasteiger partial charge in [-0.15, -0.1) is 0 Å². The molecule has 0 fully saturated rings. The fourth-order valence-electron chi connectivity index (χ4n) is 1.66. The van der Waals surface area contributed by atoms with Gasteiger partial charge in [0.15, 0.2) is 0 Å². The van der Waals surface area contributed by atoms with Gasteiger partial charge in [-0.2, -0.15) is 0 Å². The van der Waals surface area contributed by atoms with Crippen LogP contribution in [0.1, 0.15) is 18.3 Å². The van der Waals surface area contributed by atoms with Crippen molar-refractivity contribution in [3.63, 3.8) is 0 Å². The van der Waals surface area contributed by atoms with Crippen LogP contribution < -0.4 is 16.6 Å². The van der Waals surface area contributed by atoms with Gasteiger partial charge in [-0.1, -0.05) is 30.7 Å². The highest BCUT2D eigenvalue weighted by molar-refractivity contribution is 6.30. The smallest absolute Gasteiger partial charge is 0.145 e. The van der Waals surface area contributed by atoms with Gasteiger partial charge in [-0.05, 0) is 17.7 Å². The summed E-state index contributed by atoms with van der Waals surface area (Å²) in [5.74, 6) is 7.46. The Hall–Kier alpha value is -1.85. The number of nitrogens with zero attached hydrogens (tertiary/aromatic N) is 2. The minimum atomic E-state index is 0.598. The zero-order valence-corrected chi connectivity index (χ0v) is 11.4. The van der Waals surface area contributed by atoms with Crippen LogP contribution >= 0.6 is 11.6 Å². The van der Waals surface area contributed by atoms with Crippen molar-refractivity contribution in [1.29, 1.82) is 0 Å². The normalized spacial score (nSPS) is 10.3. The molecule has 100 valence electrons. The first-order valence-corrected chi connectivity index (χ1v) is 6.42. The molecule has 2 rings (SSSR count). The van der Waals surface area contributed by atoms with Crippen molar-refractivity contribution in [3.05, 3.63) is 46.7 Å². The fraction of sp³-hybridized carbons (Fsp3) is 0.231. The molecular weight excluding hydrogens is 262 g/mol. The van der Waals surface area contributed by atoms with Crippen LogP contribution in [0.25, 0.3) is 0 Å². The van der Waals surface area contributed by atoms with Crippen LogP contribution in [0.2, 0.25) is 5.02 Å². The molecule has 0 saturated carbocycles. The Morgan fingerprint density at radius 2 is 2.00 bits per heavy atom. The lowest BCUT2D eigenvalue weighted by Gasteiger charge is -2.09. The summed E-state index contributed by atoms with van der Waals surface area (Å²) >= 11 is 5.94. The van der Waals surface area contributed by atoms with Crippen LogP contribution in [-0.4, -0.2) is 9.97 Å². The highest BCUT2D eigenvalue weighted by Gasteiger charge is 2.02. The maximum atomic E-state index is 5.94. The third-order valence-electron chi connectivity index (χ3n) is 2.60. The summed E-state index contributed by atoms with van der Waals surface area (Å²) in [6.07, 6.45) is 0.751. The number of aromatic nitrogens is 2. The molecule has 0 amide bonds. The van der Waals surface area contributed by atoms with Gasteiger partial charge in [-0.3, -0.25) is 0 Å². The van der Waals surface area contributed by atoms with Gasteiger partial charge in [-0.25, -0.2) is 15.8 Å². The minimum absolute atomic E-state index is 0.598. The van der Waals surface area contributed by atoms with Crippen LogP contribution in [-0.2, 0) is 13.0 Å². The van der Waals surface area contributed by atoms with Crippen molar-refractivity contribution in [2.45, 2.75) is 19.9 Å². The van der Waals surface area contributed by atoms with Crippen molar-refractivity contribution in [1.82, 2.24) is 9.97 Å². The van der Waals surface area contributed by atoms with Gasteiger partial charge in [0.2, 0.25) is 0 Å². The number of halogens is 1. The molecule has 1 heterocycles. The Balaban J connectivity index is 2.10. The van der Waals surface area contributed by atoms with Crippen LogP contribution in [0.3, 0.4) is 0 Å². The second-order valence-electron chi connectivity index (χ2n) is 4.04. The molecule has 0 saturated heterocycles. The van der Waals surface area contributed by atoms with Crippen LogP contribution in [0, 0.1) is 0 Å². The molecule has 0 aliphatic rings.